The first-order chi connectivity index (χ1) is 5.27. The van der Waals surface area contributed by atoms with E-state index in [0.29, 0.717) is 5.15 Å². The minimum absolute atomic E-state index is 0.642. The SMILES string of the molecule is Cc1[c]n2c(Cl)cccc2n1. The summed E-state index contributed by atoms with van der Waals surface area (Å²) in [5.74, 6) is 0. The zero-order chi connectivity index (χ0) is 7.84. The summed E-state index contributed by atoms with van der Waals surface area (Å²) in [6.07, 6.45) is 3.00. The predicted molar refractivity (Wildman–Crippen MR) is 43.8 cm³/mol. The molecule has 55 valence electrons. The highest BCUT2D eigenvalue weighted by Crippen LogP contribution is 2.11. The Morgan fingerprint density at radius 2 is 2.36 bits per heavy atom. The second-order valence-electron chi connectivity index (χ2n) is 2.35. The molecule has 3 heteroatoms. The molecular weight excluding hydrogens is 160 g/mol. The number of pyridine rings is 1. The number of fused-ring (bicyclic) bond motifs is 1. The van der Waals surface area contributed by atoms with Crippen molar-refractivity contribution in [2.45, 2.75) is 6.92 Å². The minimum atomic E-state index is 0.642. The van der Waals surface area contributed by atoms with Crippen molar-refractivity contribution in [3.8, 4) is 0 Å². The van der Waals surface area contributed by atoms with Crippen molar-refractivity contribution in [1.82, 2.24) is 9.38 Å². The molecule has 0 spiro atoms. The minimum Gasteiger partial charge on any atom is -0.281 e. The Balaban J connectivity index is 2.90. The third-order valence-electron chi connectivity index (χ3n) is 1.48. The molecule has 0 saturated heterocycles. The standard InChI is InChI=1S/C8H6ClN2/c1-6-5-11-7(9)3-2-4-8(11)10-6/h2-4H,1H3. The molecule has 2 aromatic rings. The van der Waals surface area contributed by atoms with E-state index in [1.807, 2.05) is 25.1 Å². The van der Waals surface area contributed by atoms with Gasteiger partial charge in [-0.1, -0.05) is 17.7 Å². The molecule has 0 aliphatic carbocycles. The monoisotopic (exact) mass is 165 g/mol. The molecule has 2 heterocycles. The first-order valence-corrected chi connectivity index (χ1v) is 3.68. The van der Waals surface area contributed by atoms with E-state index < -0.39 is 0 Å². The van der Waals surface area contributed by atoms with Crippen LogP contribution in [0.25, 0.3) is 5.65 Å². The lowest BCUT2D eigenvalue weighted by Crippen LogP contribution is -1.82. The number of hydrogen-bond donors (Lipinski definition) is 0. The molecule has 2 rings (SSSR count). The summed E-state index contributed by atoms with van der Waals surface area (Å²) in [6, 6.07) is 5.58. The molecule has 2 nitrogen and oxygen atoms in total. The summed E-state index contributed by atoms with van der Waals surface area (Å²) in [7, 11) is 0. The van der Waals surface area contributed by atoms with E-state index in [1.165, 1.54) is 0 Å². The fourth-order valence-corrected chi connectivity index (χ4v) is 1.23. The van der Waals surface area contributed by atoms with E-state index in [4.69, 9.17) is 11.6 Å². The van der Waals surface area contributed by atoms with Crippen LogP contribution in [0.5, 0.6) is 0 Å². The molecule has 0 amide bonds. The molecule has 0 aliphatic rings. The largest absolute Gasteiger partial charge is 0.281 e. The van der Waals surface area contributed by atoms with Crippen LogP contribution >= 0.6 is 11.6 Å². The zero-order valence-electron chi connectivity index (χ0n) is 6.00. The Morgan fingerprint density at radius 3 is 3.09 bits per heavy atom. The average molecular weight is 166 g/mol. The molecule has 11 heavy (non-hydrogen) atoms. The van der Waals surface area contributed by atoms with Crippen LogP contribution in [0.2, 0.25) is 5.15 Å². The van der Waals surface area contributed by atoms with Crippen molar-refractivity contribution in [3.63, 3.8) is 0 Å². The highest BCUT2D eigenvalue weighted by molar-refractivity contribution is 6.29. The van der Waals surface area contributed by atoms with Gasteiger partial charge in [0.25, 0.3) is 0 Å². The molecule has 0 saturated carbocycles. The summed E-state index contributed by atoms with van der Waals surface area (Å²) in [4.78, 5) is 4.20. The van der Waals surface area contributed by atoms with Crippen molar-refractivity contribution >= 4 is 17.2 Å². The molecule has 1 radical (unpaired) electrons. The van der Waals surface area contributed by atoms with Crippen LogP contribution in [0.4, 0.5) is 0 Å². The molecule has 0 bridgehead atoms. The van der Waals surface area contributed by atoms with Gasteiger partial charge in [-0.25, -0.2) is 4.98 Å². The molecular formula is C8H6ClN2. The van der Waals surface area contributed by atoms with E-state index in [1.54, 1.807) is 4.40 Å². The van der Waals surface area contributed by atoms with Gasteiger partial charge < -0.3 is 0 Å². The second-order valence-corrected chi connectivity index (χ2v) is 2.74. The van der Waals surface area contributed by atoms with Crippen molar-refractivity contribution in [2.24, 2.45) is 0 Å². The van der Waals surface area contributed by atoms with Crippen LogP contribution < -0.4 is 0 Å². The van der Waals surface area contributed by atoms with Gasteiger partial charge in [0.15, 0.2) is 0 Å². The number of rotatable bonds is 0. The fraction of sp³-hybridized carbons (Fsp3) is 0.125. The number of halogens is 1. The van der Waals surface area contributed by atoms with Gasteiger partial charge in [0.05, 0.1) is 11.9 Å². The topological polar surface area (TPSA) is 17.3 Å². The lowest BCUT2D eigenvalue weighted by molar-refractivity contribution is 1.17. The number of hydrogen-bond acceptors (Lipinski definition) is 1. The first kappa shape index (κ1) is 6.68. The van der Waals surface area contributed by atoms with Gasteiger partial charge in [-0.3, -0.25) is 4.40 Å². The maximum atomic E-state index is 5.86. The predicted octanol–water partition coefficient (Wildman–Crippen LogP) is 2.10. The Kier molecular flexibility index (Phi) is 1.36. The van der Waals surface area contributed by atoms with E-state index in [2.05, 4.69) is 11.2 Å². The third kappa shape index (κ3) is 0.994. The Labute approximate surface area is 69.4 Å². The Morgan fingerprint density at radius 1 is 1.55 bits per heavy atom. The van der Waals surface area contributed by atoms with Crippen LogP contribution in [-0.4, -0.2) is 9.38 Å². The molecule has 0 fully saturated rings. The van der Waals surface area contributed by atoms with Crippen molar-refractivity contribution in [1.29, 1.82) is 0 Å². The highest BCUT2D eigenvalue weighted by Gasteiger charge is 1.99. The van der Waals surface area contributed by atoms with Gasteiger partial charge >= 0.3 is 0 Å². The molecule has 0 unspecified atom stereocenters. The zero-order valence-corrected chi connectivity index (χ0v) is 6.76. The first-order valence-electron chi connectivity index (χ1n) is 3.30. The smallest absolute Gasteiger partial charge is 0.138 e. The van der Waals surface area contributed by atoms with Crippen molar-refractivity contribution < 1.29 is 0 Å². The van der Waals surface area contributed by atoms with Crippen molar-refractivity contribution in [3.05, 3.63) is 35.2 Å². The quantitative estimate of drug-likeness (QED) is 0.547. The lowest BCUT2D eigenvalue weighted by Gasteiger charge is -1.92. The van der Waals surface area contributed by atoms with Gasteiger partial charge in [-0.2, -0.15) is 0 Å². The Hall–Kier alpha value is -1.02. The van der Waals surface area contributed by atoms with Gasteiger partial charge in [0.1, 0.15) is 10.8 Å². The van der Waals surface area contributed by atoms with Gasteiger partial charge in [-0.05, 0) is 19.1 Å². The van der Waals surface area contributed by atoms with Crippen LogP contribution in [0.15, 0.2) is 18.2 Å². The summed E-state index contributed by atoms with van der Waals surface area (Å²) in [5.41, 5.74) is 1.70. The Bertz CT molecular complexity index is 392. The van der Waals surface area contributed by atoms with Crippen LogP contribution in [0, 0.1) is 13.1 Å². The van der Waals surface area contributed by atoms with Crippen LogP contribution in [-0.2, 0) is 0 Å². The summed E-state index contributed by atoms with van der Waals surface area (Å²) >= 11 is 5.86. The highest BCUT2D eigenvalue weighted by atomic mass is 35.5. The number of aromatic nitrogens is 2. The summed E-state index contributed by atoms with van der Waals surface area (Å²) in [6.45, 7) is 1.89. The number of nitrogens with zero attached hydrogens (tertiary/aromatic N) is 2. The normalized spacial score (nSPS) is 10.7. The van der Waals surface area contributed by atoms with Gasteiger partial charge in [0.2, 0.25) is 0 Å². The van der Waals surface area contributed by atoms with Crippen LogP contribution in [0.3, 0.4) is 0 Å². The molecule has 0 N–H and O–H groups in total. The lowest BCUT2D eigenvalue weighted by atomic mass is 10.5. The molecule has 0 atom stereocenters. The third-order valence-corrected chi connectivity index (χ3v) is 1.77. The van der Waals surface area contributed by atoms with E-state index in [-0.39, 0.29) is 0 Å². The number of aryl methyl sites for hydroxylation is 1. The fourth-order valence-electron chi connectivity index (χ4n) is 1.03. The average Bonchev–Trinajstić information content (AvgIpc) is 2.31. The second kappa shape index (κ2) is 2.24. The van der Waals surface area contributed by atoms with Crippen molar-refractivity contribution in [2.75, 3.05) is 0 Å². The van der Waals surface area contributed by atoms with E-state index in [9.17, 15) is 0 Å². The molecule has 2 aromatic heterocycles. The maximum absolute atomic E-state index is 5.86. The molecule has 0 aromatic carbocycles. The van der Waals surface area contributed by atoms with Gasteiger partial charge in [0, 0.05) is 0 Å². The van der Waals surface area contributed by atoms with Crippen LogP contribution in [0.1, 0.15) is 5.69 Å². The van der Waals surface area contributed by atoms with Gasteiger partial charge in [-0.15, -0.1) is 0 Å². The summed E-state index contributed by atoms with van der Waals surface area (Å²) in [5, 5.41) is 0.642. The van der Waals surface area contributed by atoms with E-state index in [0.717, 1.165) is 11.3 Å². The number of imidazole rings is 1. The maximum Gasteiger partial charge on any atom is 0.138 e. The van der Waals surface area contributed by atoms with E-state index >= 15 is 0 Å². The summed E-state index contributed by atoms with van der Waals surface area (Å²) < 4.78 is 1.73. The molecule has 0 aliphatic heterocycles.